The molecule has 0 bridgehead atoms. The van der Waals surface area contributed by atoms with Gasteiger partial charge in [-0.3, -0.25) is 48.1 Å². The molecule has 19 N–H and O–H groups in total. The molecule has 10 atom stereocenters. The van der Waals surface area contributed by atoms with Gasteiger partial charge in [0, 0.05) is 39.0 Å². The van der Waals surface area contributed by atoms with E-state index in [1.807, 2.05) is 6.07 Å². The van der Waals surface area contributed by atoms with Crippen LogP contribution in [0.1, 0.15) is 133 Å². The normalized spacial score (nSPS) is 21.8. The first-order valence-electron chi connectivity index (χ1n) is 30.3. The van der Waals surface area contributed by atoms with E-state index >= 15 is 0 Å². The average molecular weight is 1190 g/mol. The Labute approximate surface area is 495 Å². The van der Waals surface area contributed by atoms with E-state index in [4.69, 9.17) is 28.7 Å². The van der Waals surface area contributed by atoms with Crippen molar-refractivity contribution in [2.45, 2.75) is 195 Å². The summed E-state index contributed by atoms with van der Waals surface area (Å²) in [6.07, 6.45) is 7.79. The number of aliphatic hydroxyl groups is 2. The molecule has 2 saturated heterocycles. The highest BCUT2D eigenvalue weighted by Crippen LogP contribution is 2.31. The number of nitrogens with zero attached hydrogens (tertiary/aromatic N) is 4. The van der Waals surface area contributed by atoms with Gasteiger partial charge in [0.05, 0.1) is 25.3 Å². The second kappa shape index (κ2) is 33.0. The van der Waals surface area contributed by atoms with Gasteiger partial charge in [-0.2, -0.15) is 0 Å². The largest absolute Gasteiger partial charge is 0.480 e. The van der Waals surface area contributed by atoms with Crippen LogP contribution in [0, 0.1) is 11.8 Å². The van der Waals surface area contributed by atoms with Gasteiger partial charge in [0.15, 0.2) is 5.96 Å². The van der Waals surface area contributed by atoms with Crippen molar-refractivity contribution in [3.63, 3.8) is 0 Å². The van der Waals surface area contributed by atoms with Crippen molar-refractivity contribution in [2.75, 3.05) is 45.9 Å². The van der Waals surface area contributed by atoms with Crippen LogP contribution in [0.15, 0.2) is 29.3 Å². The molecule has 0 aromatic heterocycles. The van der Waals surface area contributed by atoms with Crippen molar-refractivity contribution < 1.29 is 63.3 Å². The number of fused-ring (bicyclic) bond motifs is 1. The van der Waals surface area contributed by atoms with Crippen LogP contribution < -0.4 is 60.6 Å². The molecule has 472 valence electrons. The molecule has 0 spiro atoms. The van der Waals surface area contributed by atoms with Crippen LogP contribution in [0.25, 0.3) is 0 Å². The van der Waals surface area contributed by atoms with E-state index in [9.17, 15) is 63.3 Å². The van der Waals surface area contributed by atoms with Crippen molar-refractivity contribution in [1.29, 1.82) is 0 Å². The maximum atomic E-state index is 14.6. The number of unbranched alkanes of at least 4 members (excludes halogenated alkanes) is 2. The molecule has 28 nitrogen and oxygen atoms in total. The third kappa shape index (κ3) is 18.7. The second-order valence-corrected chi connectivity index (χ2v) is 23.2. The second-order valence-electron chi connectivity index (χ2n) is 23.2. The van der Waals surface area contributed by atoms with E-state index in [0.717, 1.165) is 41.7 Å². The minimum atomic E-state index is -1.58. The summed E-state index contributed by atoms with van der Waals surface area (Å²) in [6, 6.07) is -3.59. The van der Waals surface area contributed by atoms with E-state index in [1.165, 1.54) is 9.80 Å². The number of carboxylic acid groups (broad SMARTS) is 1. The molecule has 6 rings (SSSR count). The topological polar surface area (TPSA) is 456 Å². The molecule has 4 fully saturated rings. The molecule has 2 aliphatic carbocycles. The molecule has 28 heteroatoms. The Kier molecular flexibility index (Phi) is 26.1. The van der Waals surface area contributed by atoms with Crippen LogP contribution in [-0.2, 0) is 60.9 Å². The number of aliphatic carboxylic acids is 1. The zero-order valence-corrected chi connectivity index (χ0v) is 48.6. The molecule has 85 heavy (non-hydrogen) atoms. The van der Waals surface area contributed by atoms with Crippen LogP contribution in [0.2, 0.25) is 0 Å². The maximum Gasteiger partial charge on any atom is 0.326 e. The number of aliphatic hydroxyl groups excluding tert-OH is 2. The Hall–Kier alpha value is -7.01. The lowest BCUT2D eigenvalue weighted by atomic mass is 9.91. The number of aliphatic imine (C=N–C) groups is 1. The van der Waals surface area contributed by atoms with Gasteiger partial charge in [-0.15, -0.1) is 0 Å². The highest BCUT2D eigenvalue weighted by Gasteiger charge is 2.47. The van der Waals surface area contributed by atoms with Crippen LogP contribution in [0.3, 0.4) is 0 Å². The number of amides is 9. The number of nitrogens with one attached hydrogen (secondary N) is 6. The van der Waals surface area contributed by atoms with Gasteiger partial charge in [0.1, 0.15) is 48.3 Å². The van der Waals surface area contributed by atoms with Gasteiger partial charge in [0.25, 0.3) is 0 Å². The van der Waals surface area contributed by atoms with Crippen LogP contribution in [0.4, 0.5) is 0 Å². The summed E-state index contributed by atoms with van der Waals surface area (Å²) in [5.74, 6) is -8.37. The highest BCUT2D eigenvalue weighted by molar-refractivity contribution is 5.98. The summed E-state index contributed by atoms with van der Waals surface area (Å²) < 4.78 is 0. The Morgan fingerprint density at radius 2 is 1.22 bits per heavy atom. The summed E-state index contributed by atoms with van der Waals surface area (Å²) >= 11 is 0. The number of hydrogen-bond acceptors (Lipinski definition) is 16. The third-order valence-electron chi connectivity index (χ3n) is 17.1. The van der Waals surface area contributed by atoms with Crippen molar-refractivity contribution in [1.82, 2.24) is 46.6 Å². The zero-order chi connectivity index (χ0) is 61.7. The smallest absolute Gasteiger partial charge is 0.326 e. The number of hydrogen-bond donors (Lipinski definition) is 14. The number of carboxylic acids is 1. The highest BCUT2D eigenvalue weighted by atomic mass is 16.4. The minimum absolute atomic E-state index is 0.0342. The lowest BCUT2D eigenvalue weighted by Gasteiger charge is -2.38. The van der Waals surface area contributed by atoms with E-state index < -0.39 is 139 Å². The molecule has 0 radical (unpaired) electrons. The quantitative estimate of drug-likeness (QED) is 0.0195. The first-order chi connectivity index (χ1) is 40.8. The fraction of sp³-hybridized carbons (Fsp3) is 0.702. The maximum absolute atomic E-state index is 14.6. The fourth-order valence-electron chi connectivity index (χ4n) is 12.5. The number of likely N-dealkylation sites (tertiary alicyclic amines) is 2. The standard InChI is InChI=1S/C57H91N15O13/c58-23-9-7-19-38(60)48(76)65-39(20-8-10-24-59)49(77)66-40(21-11-25-63-57(61)62)53(81)70-26-12-22-42(70)55(83)72-31-37(74)28-44(72)50(78)64-29-45(75)68-46(33-13-1-2-14-33)52(80)67-41(32-73)54(82)71-30-36-18-6-5-17-35(36)27-43(71)51(79)69-47(56(84)85)34-15-3-4-16-34/h5-6,17-18,33-34,37-44,46-47,73-74H,1-4,7-16,19-32,58-60H2,(H,64,78)(H,65,76)(H,66,77)(H,67,80)(H,68,75)(H,69,79)(H,84,85)(H4,61,62,63)/t37-,38+,39+,40+,41+,42+,43-,44+,46?,47?/m1/s1. The van der Waals surface area contributed by atoms with E-state index in [-0.39, 0.29) is 76.6 Å². The summed E-state index contributed by atoms with van der Waals surface area (Å²) in [5, 5.41) is 47.7. The average Bonchev–Trinajstić information content (AvgIpc) is 3.85. The third-order valence-corrected chi connectivity index (χ3v) is 17.1. The molecule has 5 aliphatic rings. The van der Waals surface area contributed by atoms with E-state index in [0.29, 0.717) is 77.3 Å². The first-order valence-corrected chi connectivity index (χ1v) is 30.3. The lowest BCUT2D eigenvalue weighted by Crippen LogP contribution is -2.62. The SMILES string of the molecule is NCCCC[C@H](NC(=O)[C@@H](N)CCCCN)C(=O)N[C@@H](CCCN=C(N)N)C(=O)N1CCC[C@H]1C(=O)N1C[C@H](O)C[C@H]1C(=O)NCC(=O)NC(C(=O)N[C@@H](CO)C(=O)N1Cc2ccccc2C[C@@H]1C(=O)NC(C(=O)O)C1CCCC1)C1CCCC1. The van der Waals surface area contributed by atoms with E-state index in [2.05, 4.69) is 36.9 Å². The van der Waals surface area contributed by atoms with Crippen LogP contribution in [0.5, 0.6) is 0 Å². The van der Waals surface area contributed by atoms with Crippen molar-refractivity contribution in [3.05, 3.63) is 35.4 Å². The Morgan fingerprint density at radius 3 is 1.86 bits per heavy atom. The Bertz CT molecular complexity index is 2520. The summed E-state index contributed by atoms with van der Waals surface area (Å²) in [4.78, 5) is 147. The summed E-state index contributed by atoms with van der Waals surface area (Å²) in [6.45, 7) is -0.904. The van der Waals surface area contributed by atoms with Gasteiger partial charge in [-0.05, 0) is 120 Å². The van der Waals surface area contributed by atoms with Gasteiger partial charge >= 0.3 is 5.97 Å². The molecule has 9 amide bonds. The van der Waals surface area contributed by atoms with E-state index in [1.54, 1.807) is 18.2 Å². The van der Waals surface area contributed by atoms with Gasteiger partial charge in [0.2, 0.25) is 53.2 Å². The number of guanidine groups is 1. The van der Waals surface area contributed by atoms with Crippen molar-refractivity contribution in [2.24, 2.45) is 45.5 Å². The molecule has 1 aromatic carbocycles. The van der Waals surface area contributed by atoms with Crippen LogP contribution >= 0.6 is 0 Å². The number of nitrogens with two attached hydrogens (primary N) is 5. The predicted octanol–water partition coefficient (Wildman–Crippen LogP) is -3.47. The van der Waals surface area contributed by atoms with Gasteiger partial charge in [-0.25, -0.2) is 4.79 Å². The monoisotopic (exact) mass is 1190 g/mol. The van der Waals surface area contributed by atoms with Gasteiger partial charge in [-0.1, -0.05) is 56.4 Å². The van der Waals surface area contributed by atoms with Crippen molar-refractivity contribution >= 4 is 65.1 Å². The lowest BCUT2D eigenvalue weighted by molar-refractivity contribution is -0.148. The number of carbonyl (C=O) groups is 10. The van der Waals surface area contributed by atoms with Crippen LogP contribution in [-0.4, -0.2) is 201 Å². The summed E-state index contributed by atoms with van der Waals surface area (Å²) in [7, 11) is 0. The summed E-state index contributed by atoms with van der Waals surface area (Å²) in [5.41, 5.74) is 30.1. The zero-order valence-electron chi connectivity index (χ0n) is 48.6. The van der Waals surface area contributed by atoms with Crippen molar-refractivity contribution in [3.8, 4) is 0 Å². The molecule has 2 unspecified atom stereocenters. The molecular formula is C57H91N15O13. The fourth-order valence-corrected chi connectivity index (χ4v) is 12.5. The molecule has 2 saturated carbocycles. The molecular weight excluding hydrogens is 1100 g/mol. The predicted molar refractivity (Wildman–Crippen MR) is 310 cm³/mol. The Balaban J connectivity index is 1.10. The number of rotatable bonds is 31. The number of benzene rings is 1. The first kappa shape index (κ1) is 67.1. The van der Waals surface area contributed by atoms with Gasteiger partial charge < -0.3 is 90.6 Å². The minimum Gasteiger partial charge on any atom is -0.480 e. The molecule has 3 aliphatic heterocycles. The molecule has 3 heterocycles. The number of carbonyl (C=O) groups excluding carboxylic acids is 9. The number of β-amino-alcohol motifs (C(OH)–C–C–N with tert-alkyl or cyclic N) is 1. The Morgan fingerprint density at radius 1 is 0.624 bits per heavy atom. The molecule has 1 aromatic rings.